The summed E-state index contributed by atoms with van der Waals surface area (Å²) in [6.07, 6.45) is 3.05. The Bertz CT molecular complexity index is 1810. The minimum Gasteiger partial charge on any atom is -0.496 e. The second-order valence-corrected chi connectivity index (χ2v) is 12.4. The van der Waals surface area contributed by atoms with E-state index in [1.54, 1.807) is 11.8 Å². The van der Waals surface area contributed by atoms with Crippen LogP contribution in [0.1, 0.15) is 64.2 Å². The Balaban J connectivity index is 1.82. The van der Waals surface area contributed by atoms with Gasteiger partial charge in [0.15, 0.2) is 0 Å². The van der Waals surface area contributed by atoms with Gasteiger partial charge in [0.1, 0.15) is 33.0 Å². The summed E-state index contributed by atoms with van der Waals surface area (Å²) >= 11 is 1.20. The third kappa shape index (κ3) is 5.89. The zero-order valence-electron chi connectivity index (χ0n) is 27.1. The van der Waals surface area contributed by atoms with Crippen molar-refractivity contribution in [1.82, 2.24) is 29.0 Å². The maximum Gasteiger partial charge on any atom is 0.333 e. The van der Waals surface area contributed by atoms with Gasteiger partial charge in [-0.3, -0.25) is 14.2 Å². The molecule has 0 saturated carbocycles. The number of fused-ring (bicyclic) bond motifs is 1. The summed E-state index contributed by atoms with van der Waals surface area (Å²) in [6.45, 7) is 10.7. The van der Waals surface area contributed by atoms with E-state index in [1.165, 1.54) is 58.4 Å². The number of aryl methyl sites for hydroxylation is 1. The average molecular weight is 657 g/mol. The Kier molecular flexibility index (Phi) is 10.1. The fourth-order valence-electron chi connectivity index (χ4n) is 6.12. The van der Waals surface area contributed by atoms with E-state index in [1.807, 2.05) is 27.7 Å². The number of hydrogen-bond donors (Lipinski definition) is 0. The maximum atomic E-state index is 14.8. The summed E-state index contributed by atoms with van der Waals surface area (Å²) < 4.78 is 34.8. The van der Waals surface area contributed by atoms with Crippen LogP contribution in [0.2, 0.25) is 0 Å². The number of nitrogens with zero attached hydrogens (tertiary/aromatic N) is 6. The number of amides is 1. The highest BCUT2D eigenvalue weighted by atomic mass is 32.1. The van der Waals surface area contributed by atoms with Crippen molar-refractivity contribution in [3.05, 3.63) is 68.4 Å². The number of carbonyl (C=O) groups is 1. The summed E-state index contributed by atoms with van der Waals surface area (Å²) in [6, 6.07) is 4.16. The zero-order chi connectivity index (χ0) is 33.2. The Morgan fingerprint density at radius 1 is 1.13 bits per heavy atom. The first-order valence-corrected chi connectivity index (χ1v) is 16.4. The van der Waals surface area contributed by atoms with Crippen LogP contribution in [-0.2, 0) is 26.4 Å². The van der Waals surface area contributed by atoms with Crippen molar-refractivity contribution in [2.75, 3.05) is 33.4 Å². The smallest absolute Gasteiger partial charge is 0.333 e. The third-order valence-corrected chi connectivity index (χ3v) is 10.2. The number of halogens is 1. The minimum atomic E-state index is -1.45. The molecule has 0 N–H and O–H groups in total. The van der Waals surface area contributed by atoms with Crippen LogP contribution in [0, 0.1) is 12.7 Å². The molecule has 2 atom stereocenters. The van der Waals surface area contributed by atoms with Gasteiger partial charge in [0.05, 0.1) is 50.8 Å². The molecule has 1 aliphatic heterocycles. The largest absolute Gasteiger partial charge is 0.496 e. The molecule has 4 aromatic rings. The van der Waals surface area contributed by atoms with Crippen molar-refractivity contribution in [1.29, 1.82) is 0 Å². The molecule has 1 amide bonds. The van der Waals surface area contributed by atoms with E-state index in [2.05, 4.69) is 10.2 Å². The lowest BCUT2D eigenvalue weighted by Crippen LogP contribution is -2.60. The topological polar surface area (TPSA) is 123 Å². The predicted molar refractivity (Wildman–Crippen MR) is 172 cm³/mol. The highest BCUT2D eigenvalue weighted by Gasteiger charge is 2.44. The summed E-state index contributed by atoms with van der Waals surface area (Å²) in [5.74, 6) is -0.385. The molecular formula is C32H41FN6O6S. The fraction of sp³-hybridized carbons (Fsp3) is 0.531. The van der Waals surface area contributed by atoms with Crippen molar-refractivity contribution in [2.45, 2.75) is 78.2 Å². The van der Waals surface area contributed by atoms with Gasteiger partial charge in [-0.1, -0.05) is 32.1 Å². The van der Waals surface area contributed by atoms with Gasteiger partial charge in [0, 0.05) is 24.2 Å². The SMILES string of the molecule is CCC(C)O[C@@H](Cn1c(=O)n(C(CC)(CC)C(=O)N2CCOCC2)c(=O)c2c(C)c(-n3nccn3)sc21)c1cc(F)ccc1OC. The Hall–Kier alpha value is -3.88. The Morgan fingerprint density at radius 3 is 2.41 bits per heavy atom. The van der Waals surface area contributed by atoms with Crippen molar-refractivity contribution >= 4 is 27.5 Å². The summed E-state index contributed by atoms with van der Waals surface area (Å²) in [5, 5.41) is 9.39. The fourth-order valence-corrected chi connectivity index (χ4v) is 7.34. The number of morpholine rings is 1. The van der Waals surface area contributed by atoms with Gasteiger partial charge in [0.25, 0.3) is 5.56 Å². The first-order chi connectivity index (χ1) is 22.1. The lowest BCUT2D eigenvalue weighted by Gasteiger charge is -2.38. The molecule has 1 aliphatic rings. The Labute approximate surface area is 270 Å². The lowest BCUT2D eigenvalue weighted by atomic mass is 9.90. The monoisotopic (exact) mass is 656 g/mol. The maximum absolute atomic E-state index is 14.8. The zero-order valence-corrected chi connectivity index (χ0v) is 27.9. The van der Waals surface area contributed by atoms with E-state index in [4.69, 9.17) is 14.2 Å². The molecule has 3 aromatic heterocycles. The van der Waals surface area contributed by atoms with E-state index < -0.39 is 28.7 Å². The van der Waals surface area contributed by atoms with Gasteiger partial charge in [-0.15, -0.1) is 4.80 Å². The highest BCUT2D eigenvalue weighted by molar-refractivity contribution is 7.21. The molecule has 12 nitrogen and oxygen atoms in total. The van der Waals surface area contributed by atoms with Gasteiger partial charge in [-0.05, 0) is 51.3 Å². The molecule has 46 heavy (non-hydrogen) atoms. The number of thiophene rings is 1. The molecule has 5 rings (SSSR count). The quantitative estimate of drug-likeness (QED) is 0.223. The molecule has 1 fully saturated rings. The van der Waals surface area contributed by atoms with E-state index in [9.17, 15) is 18.8 Å². The van der Waals surface area contributed by atoms with Gasteiger partial charge >= 0.3 is 5.69 Å². The number of rotatable bonds is 12. The molecule has 248 valence electrons. The number of benzene rings is 1. The first-order valence-electron chi connectivity index (χ1n) is 15.6. The minimum absolute atomic E-state index is 0.0824. The molecule has 1 unspecified atom stereocenters. The van der Waals surface area contributed by atoms with Crippen LogP contribution in [0.4, 0.5) is 4.39 Å². The van der Waals surface area contributed by atoms with Crippen LogP contribution in [0.15, 0.2) is 40.2 Å². The molecule has 0 bridgehead atoms. The van der Waals surface area contributed by atoms with Crippen LogP contribution in [0.3, 0.4) is 0 Å². The second-order valence-electron chi connectivity index (χ2n) is 11.4. The number of hydrogen-bond acceptors (Lipinski definition) is 9. The predicted octanol–water partition coefficient (Wildman–Crippen LogP) is 4.19. The summed E-state index contributed by atoms with van der Waals surface area (Å²) in [7, 11) is 1.49. The molecule has 14 heteroatoms. The van der Waals surface area contributed by atoms with E-state index >= 15 is 0 Å². The normalized spacial score (nSPS) is 15.3. The molecule has 1 saturated heterocycles. The number of carbonyl (C=O) groups excluding carboxylic acids is 1. The van der Waals surface area contributed by atoms with Gasteiger partial charge in [0.2, 0.25) is 5.91 Å². The van der Waals surface area contributed by atoms with E-state index in [0.717, 1.165) is 4.57 Å². The molecule has 1 aromatic carbocycles. The number of methoxy groups -OCH3 is 1. The van der Waals surface area contributed by atoms with Gasteiger partial charge < -0.3 is 19.1 Å². The van der Waals surface area contributed by atoms with Crippen LogP contribution in [0.25, 0.3) is 15.2 Å². The molecular weight excluding hydrogens is 615 g/mol. The Morgan fingerprint density at radius 2 is 1.80 bits per heavy atom. The van der Waals surface area contributed by atoms with E-state index in [0.29, 0.717) is 59.4 Å². The van der Waals surface area contributed by atoms with Gasteiger partial charge in [-0.2, -0.15) is 10.2 Å². The highest BCUT2D eigenvalue weighted by Crippen LogP contribution is 2.36. The lowest BCUT2D eigenvalue weighted by molar-refractivity contribution is -0.146. The first kappa shape index (κ1) is 33.5. The van der Waals surface area contributed by atoms with Gasteiger partial charge in [-0.25, -0.2) is 13.8 Å². The molecule has 0 radical (unpaired) electrons. The number of ether oxygens (including phenoxy) is 3. The summed E-state index contributed by atoms with van der Waals surface area (Å²) in [5.41, 5.74) is -1.67. The van der Waals surface area contributed by atoms with Crippen molar-refractivity contribution < 1.29 is 23.4 Å². The molecule has 4 heterocycles. The standard InChI is InChI=1S/C32H41FN6O6S/c1-7-20(4)45-25(23-18-22(33)10-11-24(23)43-6)19-37-29-26(21(5)28(46-29)39-34-12-13-35-39)27(40)38(31(37)42)32(8-2,9-3)30(41)36-14-16-44-17-15-36/h10-13,18,20,25H,7-9,14-17,19H2,1-6H3/t20?,25-/m0/s1. The molecule has 0 aliphatic carbocycles. The van der Waals surface area contributed by atoms with Crippen molar-refractivity contribution in [3.63, 3.8) is 0 Å². The van der Waals surface area contributed by atoms with Crippen molar-refractivity contribution in [3.8, 4) is 10.8 Å². The van der Waals surface area contributed by atoms with Crippen LogP contribution < -0.4 is 16.0 Å². The van der Waals surface area contributed by atoms with Crippen LogP contribution in [-0.4, -0.2) is 74.5 Å². The van der Waals surface area contributed by atoms with Crippen LogP contribution in [0.5, 0.6) is 5.75 Å². The average Bonchev–Trinajstić information content (AvgIpc) is 3.72. The number of aromatic nitrogens is 5. The third-order valence-electron chi connectivity index (χ3n) is 8.94. The van der Waals surface area contributed by atoms with Crippen LogP contribution >= 0.6 is 11.3 Å². The van der Waals surface area contributed by atoms with E-state index in [-0.39, 0.29) is 36.8 Å². The second kappa shape index (κ2) is 13.9. The molecule has 0 spiro atoms. The summed E-state index contributed by atoms with van der Waals surface area (Å²) in [4.78, 5) is 47.2. The van der Waals surface area contributed by atoms with Crippen molar-refractivity contribution in [2.24, 2.45) is 0 Å².